The molecule has 2 saturated heterocycles. The Hall–Kier alpha value is -2.25. The molecule has 1 unspecified atom stereocenters. The highest BCUT2D eigenvalue weighted by Gasteiger charge is 2.71. The number of nitrogens with two attached hydrogens (primary N) is 1. The largest absolute Gasteiger partial charge is 0.463 e. The van der Waals surface area contributed by atoms with Crippen molar-refractivity contribution in [2.75, 3.05) is 12.3 Å². The van der Waals surface area contributed by atoms with Crippen molar-refractivity contribution in [3.05, 3.63) is 6.33 Å². The predicted octanol–water partition coefficient (Wildman–Crippen LogP) is 2.52. The Morgan fingerprint density at radius 3 is 2.58 bits per heavy atom. The number of fused-ring (bicyclic) bond motifs is 2. The van der Waals surface area contributed by atoms with Crippen molar-refractivity contribution < 1.29 is 36.5 Å². The third-order valence-electron chi connectivity index (χ3n) is 5.88. The third kappa shape index (κ3) is 3.04. The van der Waals surface area contributed by atoms with Crippen molar-refractivity contribution in [3.8, 4) is 6.01 Å². The minimum absolute atomic E-state index is 0.0454. The van der Waals surface area contributed by atoms with E-state index in [1.807, 2.05) is 6.92 Å². The van der Waals surface area contributed by atoms with Gasteiger partial charge >= 0.3 is 17.9 Å². The van der Waals surface area contributed by atoms with Crippen molar-refractivity contribution in [3.63, 3.8) is 0 Å². The molecule has 2 aromatic rings. The fraction of sp³-hybridized carbons (Fsp3) is 0.722. The minimum Gasteiger partial charge on any atom is -0.463 e. The first-order valence-electron chi connectivity index (χ1n) is 9.79. The Balaban J connectivity index is 1.41. The highest BCUT2D eigenvalue weighted by atomic mass is 19.3. The lowest BCUT2D eigenvalue weighted by Crippen LogP contribution is -2.60. The molecule has 170 valence electrons. The number of anilines is 1. The van der Waals surface area contributed by atoms with Gasteiger partial charge in [0.2, 0.25) is 0 Å². The second kappa shape index (κ2) is 6.39. The maximum atomic E-state index is 13.5. The molecule has 3 fully saturated rings. The average molecular weight is 447 g/mol. The zero-order chi connectivity index (χ0) is 22.3. The van der Waals surface area contributed by atoms with Crippen LogP contribution < -0.4 is 10.5 Å². The summed E-state index contributed by atoms with van der Waals surface area (Å²) in [6.45, 7) is 4.78. The predicted molar refractivity (Wildman–Crippen MR) is 96.6 cm³/mol. The molecule has 31 heavy (non-hydrogen) atoms. The van der Waals surface area contributed by atoms with Gasteiger partial charge in [-0.3, -0.25) is 4.57 Å². The normalized spacial score (nSPS) is 35.1. The first kappa shape index (κ1) is 20.6. The number of ether oxygens (including phenoxy) is 4. The number of nitrogen functional groups attached to an aromatic ring is 1. The van der Waals surface area contributed by atoms with Gasteiger partial charge in [0.05, 0.1) is 18.3 Å². The molecule has 3 aliphatic rings. The lowest BCUT2D eigenvalue weighted by atomic mass is 9.77. The van der Waals surface area contributed by atoms with E-state index in [4.69, 9.17) is 24.7 Å². The summed E-state index contributed by atoms with van der Waals surface area (Å²) in [5.74, 6) is -10.6. The lowest BCUT2D eigenvalue weighted by Gasteiger charge is -2.43. The zero-order valence-corrected chi connectivity index (χ0v) is 16.9. The smallest absolute Gasteiger partial charge is 0.320 e. The van der Waals surface area contributed by atoms with Crippen LogP contribution in [0.25, 0.3) is 11.2 Å². The number of nitrogens with zero attached hydrogens (tertiary/aromatic N) is 4. The molecule has 0 radical (unpaired) electrons. The van der Waals surface area contributed by atoms with Gasteiger partial charge in [-0.05, 0) is 20.8 Å². The van der Waals surface area contributed by atoms with Crippen LogP contribution >= 0.6 is 0 Å². The molecule has 5 atom stereocenters. The number of imidazole rings is 1. The Bertz CT molecular complexity index is 1030. The highest BCUT2D eigenvalue weighted by molar-refractivity contribution is 5.82. The minimum atomic E-state index is -4.14. The molecule has 5 rings (SSSR count). The number of aromatic nitrogens is 4. The fourth-order valence-corrected chi connectivity index (χ4v) is 4.25. The van der Waals surface area contributed by atoms with Gasteiger partial charge < -0.3 is 24.7 Å². The first-order valence-corrected chi connectivity index (χ1v) is 9.79. The van der Waals surface area contributed by atoms with E-state index in [-0.39, 0.29) is 35.2 Å². The zero-order valence-electron chi connectivity index (χ0n) is 16.9. The van der Waals surface area contributed by atoms with Crippen LogP contribution in [-0.4, -0.2) is 62.1 Å². The van der Waals surface area contributed by atoms with E-state index in [0.717, 1.165) is 0 Å². The quantitative estimate of drug-likeness (QED) is 0.713. The summed E-state index contributed by atoms with van der Waals surface area (Å²) < 4.78 is 77.7. The molecule has 13 heteroatoms. The Morgan fingerprint density at radius 1 is 1.19 bits per heavy atom. The SMILES string of the molecule is C[C@H]1O[C@@H](n2cnc3c(N)nc(OCC4CC(F)(F)C4(F)F)nc32)[C@@H]2OC(C)(C)O[C@@H]21. The number of rotatable bonds is 4. The summed E-state index contributed by atoms with van der Waals surface area (Å²) in [7, 11) is 0. The van der Waals surface area contributed by atoms with Crippen molar-refractivity contribution in [1.82, 2.24) is 19.5 Å². The van der Waals surface area contributed by atoms with Gasteiger partial charge in [0.25, 0.3) is 0 Å². The van der Waals surface area contributed by atoms with Crippen LogP contribution in [0.5, 0.6) is 6.01 Å². The Morgan fingerprint density at radius 2 is 1.90 bits per heavy atom. The maximum Gasteiger partial charge on any atom is 0.320 e. The van der Waals surface area contributed by atoms with Crippen molar-refractivity contribution >= 4 is 17.0 Å². The van der Waals surface area contributed by atoms with Crippen molar-refractivity contribution in [1.29, 1.82) is 0 Å². The van der Waals surface area contributed by atoms with E-state index in [1.165, 1.54) is 6.33 Å². The third-order valence-corrected chi connectivity index (χ3v) is 5.88. The molecule has 1 saturated carbocycles. The van der Waals surface area contributed by atoms with Crippen LogP contribution in [0.4, 0.5) is 23.4 Å². The second-order valence-electron chi connectivity index (χ2n) is 8.55. The van der Waals surface area contributed by atoms with Crippen LogP contribution in [0.1, 0.15) is 33.4 Å². The van der Waals surface area contributed by atoms with Gasteiger partial charge in [-0.15, -0.1) is 0 Å². The molecule has 0 spiro atoms. The van der Waals surface area contributed by atoms with E-state index in [0.29, 0.717) is 0 Å². The standard InChI is InChI=1S/C18H21F4N5O4/c1-7-10-11(31-16(2,3)30-10)14(29-7)27-6-24-9-12(23)25-15(26-13(9)27)28-5-8-4-17(19,20)18(8,21)22/h6-8,10-11,14H,4-5H2,1-3H3,(H2,23,25,26)/t7-,8?,10-,11-,14-/m1/s1. The molecule has 0 amide bonds. The van der Waals surface area contributed by atoms with E-state index >= 15 is 0 Å². The summed E-state index contributed by atoms with van der Waals surface area (Å²) in [4.78, 5) is 12.3. The van der Waals surface area contributed by atoms with Crippen LogP contribution in [0.15, 0.2) is 6.33 Å². The molecular weight excluding hydrogens is 426 g/mol. The summed E-state index contributed by atoms with van der Waals surface area (Å²) in [6.07, 6.45) is -1.18. The molecule has 0 aromatic carbocycles. The molecule has 9 nitrogen and oxygen atoms in total. The van der Waals surface area contributed by atoms with Gasteiger partial charge in [0.15, 0.2) is 29.0 Å². The van der Waals surface area contributed by atoms with Crippen molar-refractivity contribution in [2.45, 2.75) is 69.4 Å². The Kier molecular flexibility index (Phi) is 4.25. The summed E-state index contributed by atoms with van der Waals surface area (Å²) in [5.41, 5.74) is 6.41. The number of hydrogen-bond acceptors (Lipinski definition) is 8. The fourth-order valence-electron chi connectivity index (χ4n) is 4.25. The molecule has 2 N–H and O–H groups in total. The molecular formula is C18H21F4N5O4. The van der Waals surface area contributed by atoms with Gasteiger partial charge in [-0.25, -0.2) is 4.98 Å². The summed E-state index contributed by atoms with van der Waals surface area (Å²) >= 11 is 0. The molecule has 2 aromatic heterocycles. The average Bonchev–Trinajstić information content (AvgIpc) is 3.31. The van der Waals surface area contributed by atoms with E-state index in [9.17, 15) is 17.6 Å². The van der Waals surface area contributed by atoms with E-state index in [2.05, 4.69) is 15.0 Å². The number of alkyl halides is 4. The highest BCUT2D eigenvalue weighted by Crippen LogP contribution is 2.55. The monoisotopic (exact) mass is 447 g/mol. The molecule has 4 heterocycles. The first-order chi connectivity index (χ1) is 14.4. The van der Waals surface area contributed by atoms with Gasteiger partial charge in [0, 0.05) is 6.42 Å². The van der Waals surface area contributed by atoms with Crippen LogP contribution in [0.3, 0.4) is 0 Å². The van der Waals surface area contributed by atoms with Gasteiger partial charge in [-0.2, -0.15) is 27.5 Å². The molecule has 0 bridgehead atoms. The maximum absolute atomic E-state index is 13.5. The van der Waals surface area contributed by atoms with Gasteiger partial charge in [0.1, 0.15) is 18.8 Å². The molecule has 2 aliphatic heterocycles. The summed E-state index contributed by atoms with van der Waals surface area (Å²) in [6, 6.07) is -0.315. The van der Waals surface area contributed by atoms with E-state index in [1.54, 1.807) is 18.4 Å². The van der Waals surface area contributed by atoms with E-state index < -0.39 is 48.9 Å². The van der Waals surface area contributed by atoms with Crippen molar-refractivity contribution in [2.24, 2.45) is 5.92 Å². The number of hydrogen-bond donors (Lipinski definition) is 1. The van der Waals surface area contributed by atoms with Crippen LogP contribution in [0.2, 0.25) is 0 Å². The summed E-state index contributed by atoms with van der Waals surface area (Å²) in [5, 5.41) is 0. The lowest BCUT2D eigenvalue weighted by molar-refractivity contribution is -0.317. The van der Waals surface area contributed by atoms with Crippen LogP contribution in [0, 0.1) is 5.92 Å². The van der Waals surface area contributed by atoms with Crippen LogP contribution in [-0.2, 0) is 14.2 Å². The number of halogens is 4. The van der Waals surface area contributed by atoms with Gasteiger partial charge in [-0.1, -0.05) is 0 Å². The Labute approximate surface area is 173 Å². The second-order valence-corrected chi connectivity index (χ2v) is 8.55. The topological polar surface area (TPSA) is 107 Å². The molecule has 1 aliphatic carbocycles.